The van der Waals surface area contributed by atoms with Crippen LogP contribution in [-0.2, 0) is 4.74 Å². The molecule has 0 radical (unpaired) electrons. The van der Waals surface area contributed by atoms with E-state index in [4.69, 9.17) is 10.5 Å². The summed E-state index contributed by atoms with van der Waals surface area (Å²) < 4.78 is 5.07. The first-order chi connectivity index (χ1) is 8.06. The number of nitrogen functional groups attached to an aromatic ring is 1. The number of carbonyl (C=O) groups is 1. The molecule has 90 valence electrons. The van der Waals surface area contributed by atoms with E-state index in [1.807, 2.05) is 0 Å². The molecule has 6 heteroatoms. The van der Waals surface area contributed by atoms with Gasteiger partial charge in [0.05, 0.1) is 5.56 Å². The first kappa shape index (κ1) is 11.4. The molecule has 0 saturated heterocycles. The van der Waals surface area contributed by atoms with Gasteiger partial charge >= 0.3 is 5.97 Å². The fraction of sp³-hybridized carbons (Fsp3) is 0.364. The molecule has 1 aromatic rings. The number of fused-ring (bicyclic) bond motifs is 1. The lowest BCUT2D eigenvalue weighted by molar-refractivity contribution is -0.535. The number of benzene rings is 1. The Hall–Kier alpha value is -2.11. The molecular formula is C11H12N2O4. The highest BCUT2D eigenvalue weighted by Crippen LogP contribution is 2.38. The molecule has 0 bridgehead atoms. The van der Waals surface area contributed by atoms with Crippen LogP contribution in [0.15, 0.2) is 18.2 Å². The lowest BCUT2D eigenvalue weighted by atomic mass is 9.97. The number of nitro groups is 1. The molecule has 0 spiro atoms. The molecule has 1 aromatic carbocycles. The molecule has 1 aliphatic heterocycles. The highest BCUT2D eigenvalue weighted by molar-refractivity contribution is 5.96. The monoisotopic (exact) mass is 236 g/mol. The Balaban J connectivity index is 2.49. The van der Waals surface area contributed by atoms with E-state index in [1.165, 1.54) is 0 Å². The van der Waals surface area contributed by atoms with E-state index < -0.39 is 23.0 Å². The van der Waals surface area contributed by atoms with Crippen LogP contribution in [0.2, 0.25) is 0 Å². The van der Waals surface area contributed by atoms with Crippen LogP contribution >= 0.6 is 0 Å². The Bertz CT molecular complexity index is 486. The van der Waals surface area contributed by atoms with E-state index in [-0.39, 0.29) is 6.42 Å². The number of rotatable bonds is 3. The Morgan fingerprint density at radius 3 is 2.88 bits per heavy atom. The number of esters is 1. The minimum absolute atomic E-state index is 0.277. The van der Waals surface area contributed by atoms with Crippen molar-refractivity contribution in [2.75, 3.05) is 5.73 Å². The number of ether oxygens (including phenoxy) is 1. The lowest BCUT2D eigenvalue weighted by Crippen LogP contribution is -2.27. The molecule has 1 heterocycles. The standard InChI is InChI=1S/C11H12N2O4/c1-2-8(13(15)16)10-9-6(11(14)17-10)4-3-5-7(9)12/h3-5,8,10H,2,12H2,1H3. The van der Waals surface area contributed by atoms with E-state index in [0.717, 1.165) is 0 Å². The Kier molecular flexibility index (Phi) is 2.71. The second-order valence-electron chi connectivity index (χ2n) is 3.90. The summed E-state index contributed by atoms with van der Waals surface area (Å²) in [6.07, 6.45) is -0.600. The number of cyclic esters (lactones) is 1. The molecule has 0 amide bonds. The summed E-state index contributed by atoms with van der Waals surface area (Å²) in [4.78, 5) is 22.1. The average Bonchev–Trinajstić information content (AvgIpc) is 2.59. The van der Waals surface area contributed by atoms with Crippen LogP contribution < -0.4 is 5.73 Å². The van der Waals surface area contributed by atoms with Crippen molar-refractivity contribution in [1.82, 2.24) is 0 Å². The lowest BCUT2D eigenvalue weighted by Gasteiger charge is -2.15. The Morgan fingerprint density at radius 2 is 2.29 bits per heavy atom. The van der Waals surface area contributed by atoms with Crippen LogP contribution in [0.4, 0.5) is 5.69 Å². The van der Waals surface area contributed by atoms with Crippen molar-refractivity contribution < 1.29 is 14.5 Å². The molecular weight excluding hydrogens is 224 g/mol. The van der Waals surface area contributed by atoms with Crippen molar-refractivity contribution in [3.05, 3.63) is 39.4 Å². The summed E-state index contributed by atoms with van der Waals surface area (Å²) >= 11 is 0. The highest BCUT2D eigenvalue weighted by Gasteiger charge is 2.43. The van der Waals surface area contributed by atoms with Gasteiger partial charge in [0.15, 0.2) is 6.10 Å². The topological polar surface area (TPSA) is 95.5 Å². The number of anilines is 1. The third kappa shape index (κ3) is 1.71. The van der Waals surface area contributed by atoms with E-state index in [9.17, 15) is 14.9 Å². The maximum Gasteiger partial charge on any atom is 0.339 e. The minimum atomic E-state index is -0.954. The fourth-order valence-electron chi connectivity index (χ4n) is 2.06. The van der Waals surface area contributed by atoms with Crippen molar-refractivity contribution >= 4 is 11.7 Å². The molecule has 0 fully saturated rings. The maximum atomic E-state index is 11.6. The molecule has 2 unspecified atom stereocenters. The first-order valence-electron chi connectivity index (χ1n) is 5.29. The van der Waals surface area contributed by atoms with E-state index >= 15 is 0 Å². The van der Waals surface area contributed by atoms with E-state index in [2.05, 4.69) is 0 Å². The quantitative estimate of drug-likeness (QED) is 0.371. The largest absolute Gasteiger partial charge is 0.446 e. The van der Waals surface area contributed by atoms with Crippen molar-refractivity contribution in [1.29, 1.82) is 0 Å². The van der Waals surface area contributed by atoms with Crippen molar-refractivity contribution in [2.24, 2.45) is 0 Å². The van der Waals surface area contributed by atoms with Gasteiger partial charge in [-0.3, -0.25) is 10.1 Å². The minimum Gasteiger partial charge on any atom is -0.446 e. The van der Waals surface area contributed by atoms with E-state index in [0.29, 0.717) is 16.8 Å². The van der Waals surface area contributed by atoms with Gasteiger partial charge in [-0.15, -0.1) is 0 Å². The molecule has 0 aliphatic carbocycles. The van der Waals surface area contributed by atoms with Crippen LogP contribution in [0.25, 0.3) is 0 Å². The number of hydrogen-bond acceptors (Lipinski definition) is 5. The normalized spacial score (nSPS) is 19.6. The molecule has 1 aliphatic rings. The predicted octanol–water partition coefficient (Wildman–Crippen LogP) is 1.54. The molecule has 6 nitrogen and oxygen atoms in total. The Labute approximate surface area is 97.5 Å². The van der Waals surface area contributed by atoms with Gasteiger partial charge in [-0.2, -0.15) is 0 Å². The van der Waals surface area contributed by atoms with Crippen LogP contribution in [0.3, 0.4) is 0 Å². The summed E-state index contributed by atoms with van der Waals surface area (Å²) in [6.45, 7) is 1.68. The maximum absolute atomic E-state index is 11.6. The summed E-state index contributed by atoms with van der Waals surface area (Å²) in [5.74, 6) is -0.544. The third-order valence-electron chi connectivity index (χ3n) is 2.92. The summed E-state index contributed by atoms with van der Waals surface area (Å²) in [7, 11) is 0. The molecule has 0 saturated carbocycles. The summed E-state index contributed by atoms with van der Waals surface area (Å²) in [5.41, 5.74) is 6.90. The molecule has 0 aromatic heterocycles. The molecule has 2 rings (SSSR count). The Morgan fingerprint density at radius 1 is 1.59 bits per heavy atom. The van der Waals surface area contributed by atoms with Gasteiger partial charge in [0.1, 0.15) is 0 Å². The van der Waals surface area contributed by atoms with Crippen LogP contribution in [0.5, 0.6) is 0 Å². The number of carbonyl (C=O) groups excluding carboxylic acids is 1. The molecule has 2 N–H and O–H groups in total. The van der Waals surface area contributed by atoms with Gasteiger partial charge in [-0.25, -0.2) is 4.79 Å². The molecule has 2 atom stereocenters. The average molecular weight is 236 g/mol. The van der Waals surface area contributed by atoms with Gasteiger partial charge in [-0.05, 0) is 12.1 Å². The number of nitrogens with two attached hydrogens (primary N) is 1. The van der Waals surface area contributed by atoms with Gasteiger partial charge in [0, 0.05) is 22.6 Å². The second kappa shape index (κ2) is 4.04. The fourth-order valence-corrected chi connectivity index (χ4v) is 2.06. The van der Waals surface area contributed by atoms with Crippen LogP contribution in [-0.4, -0.2) is 16.9 Å². The van der Waals surface area contributed by atoms with Crippen LogP contribution in [0.1, 0.15) is 35.4 Å². The van der Waals surface area contributed by atoms with Crippen LogP contribution in [0, 0.1) is 10.1 Å². The van der Waals surface area contributed by atoms with Crippen molar-refractivity contribution in [3.8, 4) is 0 Å². The zero-order chi connectivity index (χ0) is 12.6. The zero-order valence-corrected chi connectivity index (χ0v) is 9.25. The smallest absolute Gasteiger partial charge is 0.339 e. The number of nitrogens with zero attached hydrogens (tertiary/aromatic N) is 1. The predicted molar refractivity (Wildman–Crippen MR) is 60.1 cm³/mol. The van der Waals surface area contributed by atoms with Crippen molar-refractivity contribution in [3.63, 3.8) is 0 Å². The third-order valence-corrected chi connectivity index (χ3v) is 2.92. The van der Waals surface area contributed by atoms with Crippen molar-refractivity contribution in [2.45, 2.75) is 25.5 Å². The van der Waals surface area contributed by atoms with Gasteiger partial charge < -0.3 is 10.5 Å². The summed E-state index contributed by atoms with van der Waals surface area (Å²) in [6, 6.07) is 3.86. The zero-order valence-electron chi connectivity index (χ0n) is 9.25. The number of hydrogen-bond donors (Lipinski definition) is 1. The van der Waals surface area contributed by atoms with Gasteiger partial charge in [0.25, 0.3) is 6.04 Å². The van der Waals surface area contributed by atoms with Gasteiger partial charge in [-0.1, -0.05) is 13.0 Å². The SMILES string of the molecule is CCC(C1OC(=O)c2cccc(N)c21)[N+](=O)[O-]. The second-order valence-corrected chi connectivity index (χ2v) is 3.90. The van der Waals surface area contributed by atoms with Gasteiger partial charge in [0.2, 0.25) is 0 Å². The molecule has 17 heavy (non-hydrogen) atoms. The van der Waals surface area contributed by atoms with E-state index in [1.54, 1.807) is 25.1 Å². The first-order valence-corrected chi connectivity index (χ1v) is 5.29. The summed E-state index contributed by atoms with van der Waals surface area (Å²) in [5, 5.41) is 10.9. The highest BCUT2D eigenvalue weighted by atomic mass is 16.6.